The van der Waals surface area contributed by atoms with Gasteiger partial charge in [0.25, 0.3) is 0 Å². The minimum Gasteiger partial charge on any atom is -0.545 e. The first-order chi connectivity index (χ1) is 6.20. The average molecular weight is 175 g/mol. The third-order valence-corrected chi connectivity index (χ3v) is 1.85. The van der Waals surface area contributed by atoms with Crippen LogP contribution < -0.4 is 5.11 Å². The molecule has 0 bridgehead atoms. The van der Waals surface area contributed by atoms with Crippen molar-refractivity contribution in [1.29, 1.82) is 0 Å². The molecule has 68 valence electrons. The number of carbonyl (C=O) groups is 1. The lowest BCUT2D eigenvalue weighted by molar-refractivity contribution is -0.299. The molecule has 13 heavy (non-hydrogen) atoms. The van der Waals surface area contributed by atoms with Gasteiger partial charge in [0, 0.05) is 0 Å². The Labute approximate surface area is 77.5 Å². The monoisotopic (exact) mass is 175 g/mol. The normalized spacial score (nSPS) is 9.54. The van der Waals surface area contributed by atoms with E-state index in [9.17, 15) is 9.90 Å². The summed E-state index contributed by atoms with van der Waals surface area (Å²) in [6, 6.07) is 9.70. The van der Waals surface area contributed by atoms with Gasteiger partial charge in [-0.1, -0.05) is 36.9 Å². The first-order valence-corrected chi connectivity index (χ1v) is 4.13. The van der Waals surface area contributed by atoms with Crippen molar-refractivity contribution in [2.24, 2.45) is 0 Å². The molecule has 0 amide bonds. The largest absolute Gasteiger partial charge is 0.545 e. The van der Waals surface area contributed by atoms with Crippen LogP contribution in [0.15, 0.2) is 42.5 Å². The van der Waals surface area contributed by atoms with Gasteiger partial charge >= 0.3 is 0 Å². The molecule has 0 fully saturated rings. The molecule has 0 N–H and O–H groups in total. The lowest BCUT2D eigenvalue weighted by Gasteiger charge is -2.05. The smallest absolute Gasteiger partial charge is 0.0669 e. The maximum atomic E-state index is 10.3. The van der Waals surface area contributed by atoms with E-state index in [0.29, 0.717) is 12.8 Å². The number of aliphatic carboxylic acids is 1. The Morgan fingerprint density at radius 3 is 2.46 bits per heavy atom. The van der Waals surface area contributed by atoms with E-state index in [1.165, 1.54) is 0 Å². The number of rotatable bonds is 4. The van der Waals surface area contributed by atoms with E-state index in [-0.39, 0.29) is 5.57 Å². The molecule has 0 aliphatic heterocycles. The minimum atomic E-state index is -1.16. The van der Waals surface area contributed by atoms with Gasteiger partial charge in [-0.05, 0) is 24.0 Å². The Hall–Kier alpha value is -1.57. The summed E-state index contributed by atoms with van der Waals surface area (Å²) in [6.45, 7) is 3.41. The van der Waals surface area contributed by atoms with E-state index >= 15 is 0 Å². The summed E-state index contributed by atoms with van der Waals surface area (Å²) in [7, 11) is 0. The van der Waals surface area contributed by atoms with Crippen LogP contribution >= 0.6 is 0 Å². The number of carboxylic acid groups (broad SMARTS) is 1. The van der Waals surface area contributed by atoms with Gasteiger partial charge in [0.05, 0.1) is 5.97 Å². The van der Waals surface area contributed by atoms with Crippen molar-refractivity contribution in [3.05, 3.63) is 48.0 Å². The van der Waals surface area contributed by atoms with Crippen LogP contribution in [0.1, 0.15) is 12.0 Å². The third kappa shape index (κ3) is 3.11. The molecule has 0 aliphatic rings. The Kier molecular flexibility index (Phi) is 3.26. The van der Waals surface area contributed by atoms with Crippen LogP contribution in [0.2, 0.25) is 0 Å². The number of carbonyl (C=O) groups excluding carboxylic acids is 1. The highest BCUT2D eigenvalue weighted by Gasteiger charge is 1.96. The van der Waals surface area contributed by atoms with E-state index in [2.05, 4.69) is 6.58 Å². The molecular formula is C11H11O2-. The highest BCUT2D eigenvalue weighted by atomic mass is 16.4. The molecule has 0 saturated heterocycles. The molecule has 2 nitrogen and oxygen atoms in total. The number of hydrogen-bond acceptors (Lipinski definition) is 2. The molecule has 0 atom stereocenters. The zero-order chi connectivity index (χ0) is 9.68. The van der Waals surface area contributed by atoms with E-state index in [1.54, 1.807) is 0 Å². The summed E-state index contributed by atoms with van der Waals surface area (Å²) < 4.78 is 0. The number of hydrogen-bond donors (Lipinski definition) is 0. The van der Waals surface area contributed by atoms with Crippen molar-refractivity contribution in [3.8, 4) is 0 Å². The fourth-order valence-electron chi connectivity index (χ4n) is 1.04. The third-order valence-electron chi connectivity index (χ3n) is 1.85. The molecule has 1 aromatic carbocycles. The summed E-state index contributed by atoms with van der Waals surface area (Å²) in [4.78, 5) is 10.3. The summed E-state index contributed by atoms with van der Waals surface area (Å²) in [6.07, 6.45) is 1.15. The van der Waals surface area contributed by atoms with Gasteiger partial charge in [-0.25, -0.2) is 0 Å². The van der Waals surface area contributed by atoms with Crippen LogP contribution in [0, 0.1) is 0 Å². The molecular weight excluding hydrogens is 164 g/mol. The molecule has 0 aliphatic carbocycles. The van der Waals surface area contributed by atoms with Gasteiger partial charge < -0.3 is 9.90 Å². The van der Waals surface area contributed by atoms with Crippen molar-refractivity contribution in [3.63, 3.8) is 0 Å². The van der Waals surface area contributed by atoms with Crippen LogP contribution in [-0.2, 0) is 11.2 Å². The zero-order valence-electron chi connectivity index (χ0n) is 7.32. The van der Waals surface area contributed by atoms with Crippen molar-refractivity contribution in [1.82, 2.24) is 0 Å². The quantitative estimate of drug-likeness (QED) is 0.638. The van der Waals surface area contributed by atoms with Crippen molar-refractivity contribution in [2.45, 2.75) is 12.8 Å². The average Bonchev–Trinajstić information content (AvgIpc) is 2.15. The maximum Gasteiger partial charge on any atom is 0.0669 e. The molecule has 2 heteroatoms. The summed E-state index contributed by atoms with van der Waals surface area (Å²) in [5.74, 6) is -1.16. The first-order valence-electron chi connectivity index (χ1n) is 4.13. The maximum absolute atomic E-state index is 10.3. The lowest BCUT2D eigenvalue weighted by Crippen LogP contribution is -2.24. The summed E-state index contributed by atoms with van der Waals surface area (Å²) in [5, 5.41) is 10.3. The highest BCUT2D eigenvalue weighted by Crippen LogP contribution is 2.06. The van der Waals surface area contributed by atoms with Gasteiger partial charge in [-0.3, -0.25) is 0 Å². The van der Waals surface area contributed by atoms with Gasteiger partial charge in [-0.2, -0.15) is 0 Å². The van der Waals surface area contributed by atoms with Gasteiger partial charge in [0.1, 0.15) is 0 Å². The molecule has 0 aromatic heterocycles. The van der Waals surface area contributed by atoms with Gasteiger partial charge in [-0.15, -0.1) is 0 Å². The van der Waals surface area contributed by atoms with Gasteiger partial charge in [0.15, 0.2) is 0 Å². The first kappa shape index (κ1) is 9.52. The van der Waals surface area contributed by atoms with Crippen molar-refractivity contribution in [2.75, 3.05) is 0 Å². The predicted molar refractivity (Wildman–Crippen MR) is 48.9 cm³/mol. The second-order valence-electron chi connectivity index (χ2n) is 2.88. The van der Waals surface area contributed by atoms with E-state index in [4.69, 9.17) is 0 Å². The second-order valence-corrected chi connectivity index (χ2v) is 2.88. The Morgan fingerprint density at radius 2 is 1.92 bits per heavy atom. The summed E-state index contributed by atoms with van der Waals surface area (Å²) >= 11 is 0. The second kappa shape index (κ2) is 4.45. The highest BCUT2D eigenvalue weighted by molar-refractivity contribution is 5.83. The van der Waals surface area contributed by atoms with Crippen LogP contribution in [0.4, 0.5) is 0 Å². The molecule has 1 aromatic rings. The van der Waals surface area contributed by atoms with E-state index < -0.39 is 5.97 Å². The van der Waals surface area contributed by atoms with Crippen LogP contribution in [-0.4, -0.2) is 5.97 Å². The minimum absolute atomic E-state index is 0.156. The number of aryl methyl sites for hydroxylation is 1. The SMILES string of the molecule is C=C(CCc1ccccc1)C(=O)[O-]. The fourth-order valence-corrected chi connectivity index (χ4v) is 1.04. The Balaban J connectivity index is 2.44. The van der Waals surface area contributed by atoms with Crippen LogP contribution in [0.5, 0.6) is 0 Å². The number of carboxylic acids is 1. The number of benzene rings is 1. The predicted octanol–water partition coefficient (Wildman–Crippen LogP) is 0.925. The Morgan fingerprint density at radius 1 is 1.31 bits per heavy atom. The lowest BCUT2D eigenvalue weighted by atomic mass is 10.1. The molecule has 1 rings (SSSR count). The van der Waals surface area contributed by atoms with Gasteiger partial charge in [0.2, 0.25) is 0 Å². The van der Waals surface area contributed by atoms with Crippen LogP contribution in [0.3, 0.4) is 0 Å². The molecule has 0 unspecified atom stereocenters. The van der Waals surface area contributed by atoms with Crippen LogP contribution in [0.25, 0.3) is 0 Å². The Bertz CT molecular complexity index is 301. The molecule has 0 spiro atoms. The molecule has 0 saturated carbocycles. The molecule has 0 heterocycles. The van der Waals surface area contributed by atoms with Crippen molar-refractivity contribution < 1.29 is 9.90 Å². The fraction of sp³-hybridized carbons (Fsp3) is 0.182. The molecule has 0 radical (unpaired) electrons. The topological polar surface area (TPSA) is 40.1 Å². The van der Waals surface area contributed by atoms with E-state index in [0.717, 1.165) is 5.56 Å². The summed E-state index contributed by atoms with van der Waals surface area (Å²) in [5.41, 5.74) is 1.27. The van der Waals surface area contributed by atoms with E-state index in [1.807, 2.05) is 30.3 Å². The van der Waals surface area contributed by atoms with Crippen molar-refractivity contribution >= 4 is 5.97 Å². The zero-order valence-corrected chi connectivity index (χ0v) is 7.32. The standard InChI is InChI=1S/C11H12O2/c1-9(11(12)13)7-8-10-5-3-2-4-6-10/h2-6H,1,7-8H2,(H,12,13)/p-1.